The maximum absolute atomic E-state index is 12.9. The van der Waals surface area contributed by atoms with Crippen LogP contribution in [-0.2, 0) is 0 Å². The molecular weight excluding hydrogens is 237 g/mol. The molecule has 2 nitrogen and oxygen atoms in total. The number of benzene rings is 1. The van der Waals surface area contributed by atoms with E-state index >= 15 is 0 Å². The fourth-order valence-corrected chi connectivity index (χ4v) is 1.49. The monoisotopic (exact) mass is 255 g/mol. The Labute approximate surface area is 107 Å². The molecular formula is C13H18FNOS. The van der Waals surface area contributed by atoms with Crippen molar-refractivity contribution in [3.8, 4) is 5.75 Å². The fraction of sp³-hybridized carbons (Fsp3) is 0.462. The van der Waals surface area contributed by atoms with Crippen molar-refractivity contribution in [3.63, 3.8) is 0 Å². The van der Waals surface area contributed by atoms with E-state index in [1.807, 2.05) is 13.8 Å². The Hall–Kier alpha value is -1.16. The van der Waals surface area contributed by atoms with Gasteiger partial charge >= 0.3 is 0 Å². The summed E-state index contributed by atoms with van der Waals surface area (Å²) >= 11 is 4.98. The molecule has 0 bridgehead atoms. The van der Waals surface area contributed by atoms with Gasteiger partial charge in [-0.3, -0.25) is 0 Å². The summed E-state index contributed by atoms with van der Waals surface area (Å²) in [6, 6.07) is 6.13. The largest absolute Gasteiger partial charge is 0.493 e. The highest BCUT2D eigenvalue weighted by atomic mass is 32.1. The molecule has 1 aromatic rings. The molecule has 0 aromatic heterocycles. The zero-order valence-electron chi connectivity index (χ0n) is 10.2. The molecule has 0 saturated carbocycles. The molecule has 1 rings (SSSR count). The Bertz CT molecular complexity index is 393. The second-order valence-corrected chi connectivity index (χ2v) is 5.10. The molecule has 17 heavy (non-hydrogen) atoms. The van der Waals surface area contributed by atoms with Gasteiger partial charge in [0.05, 0.1) is 11.6 Å². The molecule has 0 amide bonds. The van der Waals surface area contributed by atoms with Gasteiger partial charge in [0.25, 0.3) is 0 Å². The van der Waals surface area contributed by atoms with Crippen LogP contribution in [0.15, 0.2) is 24.3 Å². The van der Waals surface area contributed by atoms with Gasteiger partial charge in [0.15, 0.2) is 0 Å². The molecule has 0 aliphatic carbocycles. The molecule has 94 valence electrons. The average molecular weight is 255 g/mol. The summed E-state index contributed by atoms with van der Waals surface area (Å²) in [4.78, 5) is 0.517. The third kappa shape index (κ3) is 4.69. The van der Waals surface area contributed by atoms with Gasteiger partial charge in [-0.15, -0.1) is 0 Å². The lowest BCUT2D eigenvalue weighted by atomic mass is 9.88. The number of hydrogen-bond acceptors (Lipinski definition) is 2. The Morgan fingerprint density at radius 2 is 2.18 bits per heavy atom. The molecule has 0 heterocycles. The first-order chi connectivity index (χ1) is 7.92. The molecule has 0 spiro atoms. The first-order valence-electron chi connectivity index (χ1n) is 5.60. The van der Waals surface area contributed by atoms with Crippen molar-refractivity contribution in [2.24, 2.45) is 11.1 Å². The van der Waals surface area contributed by atoms with Crippen molar-refractivity contribution >= 4 is 17.2 Å². The molecule has 0 unspecified atom stereocenters. The van der Waals surface area contributed by atoms with Crippen LogP contribution in [-0.4, -0.2) is 11.6 Å². The van der Waals surface area contributed by atoms with Crippen LogP contribution in [0.25, 0.3) is 0 Å². The first kappa shape index (κ1) is 13.9. The number of thiocarbonyl (C=S) groups is 1. The summed E-state index contributed by atoms with van der Waals surface area (Å²) in [5.74, 6) is 0.268. The van der Waals surface area contributed by atoms with Gasteiger partial charge in [-0.2, -0.15) is 0 Å². The molecule has 0 aliphatic rings. The van der Waals surface area contributed by atoms with E-state index in [0.717, 1.165) is 12.8 Å². The average Bonchev–Trinajstić information content (AvgIpc) is 2.24. The second kappa shape index (κ2) is 5.96. The van der Waals surface area contributed by atoms with Crippen LogP contribution in [0.3, 0.4) is 0 Å². The summed E-state index contributed by atoms with van der Waals surface area (Å²) in [5, 5.41) is 0. The van der Waals surface area contributed by atoms with Crippen molar-refractivity contribution in [1.82, 2.24) is 0 Å². The van der Waals surface area contributed by atoms with E-state index in [0.29, 0.717) is 17.3 Å². The molecule has 0 radical (unpaired) electrons. The zero-order chi connectivity index (χ0) is 12.9. The predicted molar refractivity (Wildman–Crippen MR) is 71.7 cm³/mol. The third-order valence-corrected chi connectivity index (χ3v) is 3.23. The molecule has 0 aliphatic heterocycles. The quantitative estimate of drug-likeness (QED) is 0.625. The van der Waals surface area contributed by atoms with Crippen LogP contribution in [0.2, 0.25) is 0 Å². The Morgan fingerprint density at radius 1 is 1.47 bits per heavy atom. The first-order valence-corrected chi connectivity index (χ1v) is 6.01. The smallest absolute Gasteiger partial charge is 0.126 e. The topological polar surface area (TPSA) is 35.2 Å². The minimum atomic E-state index is -0.286. The predicted octanol–water partition coefficient (Wildman–Crippen LogP) is 3.30. The number of halogens is 1. The van der Waals surface area contributed by atoms with Gasteiger partial charge in [0, 0.05) is 11.5 Å². The lowest BCUT2D eigenvalue weighted by Gasteiger charge is -2.22. The number of rotatable bonds is 6. The standard InChI is InChI=1S/C13H18FNOS/c1-13(2,12(15)17)7-4-8-16-11-6-3-5-10(14)9-11/h3,5-6,9H,4,7-8H2,1-2H3,(H2,15,17). The van der Waals surface area contributed by atoms with Crippen molar-refractivity contribution in [2.45, 2.75) is 26.7 Å². The summed E-state index contributed by atoms with van der Waals surface area (Å²) in [5.41, 5.74) is 5.47. The molecule has 4 heteroatoms. The lowest BCUT2D eigenvalue weighted by Crippen LogP contribution is -2.30. The summed E-state index contributed by atoms with van der Waals surface area (Å²) in [6.07, 6.45) is 1.69. The van der Waals surface area contributed by atoms with E-state index in [9.17, 15) is 4.39 Å². The summed E-state index contributed by atoms with van der Waals surface area (Å²) in [7, 11) is 0. The number of hydrogen-bond donors (Lipinski definition) is 1. The van der Waals surface area contributed by atoms with Crippen LogP contribution < -0.4 is 10.5 Å². The number of nitrogens with two attached hydrogens (primary N) is 1. The van der Waals surface area contributed by atoms with Crippen molar-refractivity contribution < 1.29 is 9.13 Å². The van der Waals surface area contributed by atoms with Crippen LogP contribution in [0, 0.1) is 11.2 Å². The van der Waals surface area contributed by atoms with E-state index in [1.54, 1.807) is 12.1 Å². The van der Waals surface area contributed by atoms with Gasteiger partial charge in [-0.05, 0) is 25.0 Å². The minimum absolute atomic E-state index is 0.152. The SMILES string of the molecule is CC(C)(CCCOc1cccc(F)c1)C(N)=S. The normalized spacial score (nSPS) is 11.2. The highest BCUT2D eigenvalue weighted by molar-refractivity contribution is 7.80. The molecule has 0 atom stereocenters. The van der Waals surface area contributed by atoms with Crippen molar-refractivity contribution in [2.75, 3.05) is 6.61 Å². The lowest BCUT2D eigenvalue weighted by molar-refractivity contribution is 0.286. The van der Waals surface area contributed by atoms with Gasteiger partial charge < -0.3 is 10.5 Å². The number of ether oxygens (including phenoxy) is 1. The molecule has 1 aromatic carbocycles. The van der Waals surface area contributed by atoms with E-state index < -0.39 is 0 Å². The van der Waals surface area contributed by atoms with Crippen LogP contribution in [0.1, 0.15) is 26.7 Å². The second-order valence-electron chi connectivity index (χ2n) is 4.66. The minimum Gasteiger partial charge on any atom is -0.493 e. The van der Waals surface area contributed by atoms with Crippen LogP contribution in [0.4, 0.5) is 4.39 Å². The van der Waals surface area contributed by atoms with Crippen LogP contribution in [0.5, 0.6) is 5.75 Å². The Balaban J connectivity index is 2.32. The van der Waals surface area contributed by atoms with Crippen LogP contribution >= 0.6 is 12.2 Å². The van der Waals surface area contributed by atoms with E-state index in [4.69, 9.17) is 22.7 Å². The highest BCUT2D eigenvalue weighted by Gasteiger charge is 2.20. The summed E-state index contributed by atoms with van der Waals surface area (Å²) in [6.45, 7) is 4.56. The third-order valence-electron chi connectivity index (χ3n) is 2.68. The van der Waals surface area contributed by atoms with Gasteiger partial charge in [0.2, 0.25) is 0 Å². The van der Waals surface area contributed by atoms with Crippen molar-refractivity contribution in [1.29, 1.82) is 0 Å². The maximum atomic E-state index is 12.9. The van der Waals surface area contributed by atoms with Crippen molar-refractivity contribution in [3.05, 3.63) is 30.1 Å². The summed E-state index contributed by atoms with van der Waals surface area (Å²) < 4.78 is 18.3. The highest BCUT2D eigenvalue weighted by Crippen LogP contribution is 2.22. The Morgan fingerprint density at radius 3 is 2.76 bits per heavy atom. The molecule has 0 fully saturated rings. The molecule has 0 saturated heterocycles. The van der Waals surface area contributed by atoms with E-state index in [2.05, 4.69) is 0 Å². The van der Waals surface area contributed by atoms with Gasteiger partial charge in [0.1, 0.15) is 11.6 Å². The van der Waals surface area contributed by atoms with Gasteiger partial charge in [-0.25, -0.2) is 4.39 Å². The van der Waals surface area contributed by atoms with E-state index in [1.165, 1.54) is 12.1 Å². The fourth-order valence-electron chi connectivity index (χ4n) is 1.38. The molecule has 2 N–H and O–H groups in total. The van der Waals surface area contributed by atoms with Gasteiger partial charge in [-0.1, -0.05) is 32.1 Å². The zero-order valence-corrected chi connectivity index (χ0v) is 11.0. The van der Waals surface area contributed by atoms with E-state index in [-0.39, 0.29) is 11.2 Å². The Kier molecular flexibility index (Phi) is 4.87. The maximum Gasteiger partial charge on any atom is 0.126 e.